The summed E-state index contributed by atoms with van der Waals surface area (Å²) in [7, 11) is 0. The number of aliphatic hydroxyl groups is 1. The van der Waals surface area contributed by atoms with E-state index in [9.17, 15) is 9.50 Å². The third-order valence-electron chi connectivity index (χ3n) is 3.08. The highest BCUT2D eigenvalue weighted by Gasteiger charge is 2.16. The largest absolute Gasteiger partial charge is 0.384 e. The molecule has 2 aromatic carbocycles. The van der Waals surface area contributed by atoms with Gasteiger partial charge >= 0.3 is 0 Å². The van der Waals surface area contributed by atoms with Crippen LogP contribution < -0.4 is 0 Å². The summed E-state index contributed by atoms with van der Waals surface area (Å²) in [5.74, 6) is -0.511. The van der Waals surface area contributed by atoms with Crippen LogP contribution in [0, 0.1) is 5.82 Å². The van der Waals surface area contributed by atoms with Crippen molar-refractivity contribution >= 4 is 11.6 Å². The summed E-state index contributed by atoms with van der Waals surface area (Å²) >= 11 is 5.90. The topological polar surface area (TPSA) is 20.2 Å². The molecular weight excluding hydrogens is 263 g/mol. The van der Waals surface area contributed by atoms with Gasteiger partial charge in [0.2, 0.25) is 0 Å². The van der Waals surface area contributed by atoms with Crippen LogP contribution in [0.2, 0.25) is 5.02 Å². The fraction of sp³-hybridized carbons (Fsp3) is 0.250. The summed E-state index contributed by atoms with van der Waals surface area (Å²) < 4.78 is 13.4. The fourth-order valence-corrected chi connectivity index (χ4v) is 2.35. The molecule has 2 rings (SSSR count). The molecule has 2 aromatic rings. The lowest BCUT2D eigenvalue weighted by molar-refractivity contribution is 0.220. The van der Waals surface area contributed by atoms with Gasteiger partial charge in [0.1, 0.15) is 11.9 Å². The van der Waals surface area contributed by atoms with Crippen molar-refractivity contribution in [3.63, 3.8) is 0 Å². The molecule has 1 unspecified atom stereocenters. The minimum absolute atomic E-state index is 0.0177. The van der Waals surface area contributed by atoms with Crippen molar-refractivity contribution in [3.8, 4) is 0 Å². The predicted octanol–water partition coefficient (Wildman–Crippen LogP) is 4.51. The van der Waals surface area contributed by atoms with Crippen LogP contribution in [0.1, 0.15) is 36.1 Å². The normalized spacial score (nSPS) is 12.4. The standard InChI is InChI=1S/C16H16ClFO/c1-2-5-11-6-3-7-12(10-11)16(19)13-8-4-9-14(18)15(13)17/h3-4,6-10,16,19H,2,5H2,1H3. The summed E-state index contributed by atoms with van der Waals surface area (Å²) in [4.78, 5) is 0. The van der Waals surface area contributed by atoms with Crippen molar-refractivity contribution < 1.29 is 9.50 Å². The fourth-order valence-electron chi connectivity index (χ4n) is 2.12. The van der Waals surface area contributed by atoms with Crippen LogP contribution in [0.15, 0.2) is 42.5 Å². The number of benzene rings is 2. The maximum Gasteiger partial charge on any atom is 0.142 e. The maximum atomic E-state index is 13.4. The lowest BCUT2D eigenvalue weighted by atomic mass is 9.98. The summed E-state index contributed by atoms with van der Waals surface area (Å²) in [6.07, 6.45) is 1.09. The highest BCUT2D eigenvalue weighted by atomic mass is 35.5. The van der Waals surface area contributed by atoms with Crippen LogP contribution in [0.4, 0.5) is 4.39 Å². The molecule has 0 spiro atoms. The zero-order valence-electron chi connectivity index (χ0n) is 10.7. The van der Waals surface area contributed by atoms with E-state index < -0.39 is 11.9 Å². The van der Waals surface area contributed by atoms with Gasteiger partial charge in [0.15, 0.2) is 0 Å². The van der Waals surface area contributed by atoms with Crippen molar-refractivity contribution in [2.75, 3.05) is 0 Å². The maximum absolute atomic E-state index is 13.4. The zero-order valence-corrected chi connectivity index (χ0v) is 11.5. The van der Waals surface area contributed by atoms with E-state index in [4.69, 9.17) is 11.6 Å². The minimum atomic E-state index is -0.903. The van der Waals surface area contributed by atoms with Crippen LogP contribution in [-0.4, -0.2) is 5.11 Å². The van der Waals surface area contributed by atoms with Gasteiger partial charge in [-0.15, -0.1) is 0 Å². The number of aryl methyl sites for hydroxylation is 1. The van der Waals surface area contributed by atoms with Crippen molar-refractivity contribution in [1.29, 1.82) is 0 Å². The van der Waals surface area contributed by atoms with E-state index in [0.717, 1.165) is 24.0 Å². The average Bonchev–Trinajstić information content (AvgIpc) is 2.42. The highest BCUT2D eigenvalue weighted by molar-refractivity contribution is 6.31. The summed E-state index contributed by atoms with van der Waals surface area (Å²) in [6.45, 7) is 2.10. The first-order chi connectivity index (χ1) is 9.13. The Hall–Kier alpha value is -1.38. The average molecular weight is 279 g/mol. The lowest BCUT2D eigenvalue weighted by Gasteiger charge is -2.14. The lowest BCUT2D eigenvalue weighted by Crippen LogP contribution is -2.02. The Balaban J connectivity index is 2.35. The smallest absolute Gasteiger partial charge is 0.142 e. The first-order valence-corrected chi connectivity index (χ1v) is 6.72. The molecule has 0 fully saturated rings. The van der Waals surface area contributed by atoms with E-state index in [1.165, 1.54) is 6.07 Å². The van der Waals surface area contributed by atoms with E-state index in [-0.39, 0.29) is 5.02 Å². The highest BCUT2D eigenvalue weighted by Crippen LogP contribution is 2.30. The Morgan fingerprint density at radius 2 is 1.95 bits per heavy atom. The number of hydrogen-bond acceptors (Lipinski definition) is 1. The summed E-state index contributed by atoms with van der Waals surface area (Å²) in [5.41, 5.74) is 2.29. The van der Waals surface area contributed by atoms with Gasteiger partial charge in [0.25, 0.3) is 0 Å². The van der Waals surface area contributed by atoms with Crippen LogP contribution in [-0.2, 0) is 6.42 Å². The van der Waals surface area contributed by atoms with Crippen LogP contribution in [0.3, 0.4) is 0 Å². The van der Waals surface area contributed by atoms with Crippen molar-refractivity contribution in [2.24, 2.45) is 0 Å². The molecule has 0 aliphatic carbocycles. The van der Waals surface area contributed by atoms with E-state index in [1.807, 2.05) is 24.3 Å². The molecule has 100 valence electrons. The third-order valence-corrected chi connectivity index (χ3v) is 3.48. The second kappa shape index (κ2) is 6.18. The van der Waals surface area contributed by atoms with Gasteiger partial charge in [0.05, 0.1) is 5.02 Å². The Labute approximate surface area is 117 Å². The molecule has 0 heterocycles. The molecule has 1 nitrogen and oxygen atoms in total. The van der Waals surface area contributed by atoms with Gasteiger partial charge in [-0.3, -0.25) is 0 Å². The summed E-state index contributed by atoms with van der Waals surface area (Å²) in [5, 5.41) is 10.3. The van der Waals surface area contributed by atoms with Gasteiger partial charge in [-0.1, -0.05) is 61.3 Å². The van der Waals surface area contributed by atoms with Crippen LogP contribution >= 0.6 is 11.6 Å². The molecule has 0 radical (unpaired) electrons. The molecule has 0 saturated carbocycles. The number of halogens is 2. The monoisotopic (exact) mass is 278 g/mol. The first kappa shape index (κ1) is 14.0. The molecule has 0 aliphatic heterocycles. The van der Waals surface area contributed by atoms with Gasteiger partial charge in [-0.25, -0.2) is 4.39 Å². The van der Waals surface area contributed by atoms with Crippen molar-refractivity contribution in [3.05, 3.63) is 70.0 Å². The number of hydrogen-bond donors (Lipinski definition) is 1. The molecule has 3 heteroatoms. The predicted molar refractivity (Wildman–Crippen MR) is 75.9 cm³/mol. The van der Waals surface area contributed by atoms with Crippen molar-refractivity contribution in [2.45, 2.75) is 25.9 Å². The van der Waals surface area contributed by atoms with Crippen LogP contribution in [0.25, 0.3) is 0 Å². The van der Waals surface area contributed by atoms with Gasteiger partial charge in [-0.05, 0) is 23.6 Å². The molecule has 19 heavy (non-hydrogen) atoms. The third kappa shape index (κ3) is 3.14. The van der Waals surface area contributed by atoms with Crippen molar-refractivity contribution in [1.82, 2.24) is 0 Å². The Bertz CT molecular complexity index is 568. The number of rotatable bonds is 4. The SMILES string of the molecule is CCCc1cccc(C(O)c2cccc(F)c2Cl)c1. The number of aliphatic hydroxyl groups excluding tert-OH is 1. The van der Waals surface area contributed by atoms with E-state index in [1.54, 1.807) is 12.1 Å². The molecule has 0 bridgehead atoms. The Morgan fingerprint density at radius 1 is 1.21 bits per heavy atom. The minimum Gasteiger partial charge on any atom is -0.384 e. The first-order valence-electron chi connectivity index (χ1n) is 6.34. The molecule has 1 N–H and O–H groups in total. The molecule has 0 aliphatic rings. The molecule has 0 amide bonds. The Kier molecular flexibility index (Phi) is 4.56. The van der Waals surface area contributed by atoms with Crippen LogP contribution in [0.5, 0.6) is 0 Å². The molecular formula is C16H16ClFO. The quantitative estimate of drug-likeness (QED) is 0.872. The van der Waals surface area contributed by atoms with Gasteiger partial charge in [0, 0.05) is 5.56 Å². The molecule has 0 aromatic heterocycles. The Morgan fingerprint density at radius 3 is 2.68 bits per heavy atom. The zero-order chi connectivity index (χ0) is 13.8. The second-order valence-electron chi connectivity index (χ2n) is 4.54. The van der Waals surface area contributed by atoms with Gasteiger partial charge in [-0.2, -0.15) is 0 Å². The van der Waals surface area contributed by atoms with Gasteiger partial charge < -0.3 is 5.11 Å². The second-order valence-corrected chi connectivity index (χ2v) is 4.92. The van der Waals surface area contributed by atoms with E-state index in [2.05, 4.69) is 6.92 Å². The molecule has 1 atom stereocenters. The van der Waals surface area contributed by atoms with E-state index >= 15 is 0 Å². The molecule has 0 saturated heterocycles. The van der Waals surface area contributed by atoms with E-state index in [0.29, 0.717) is 5.56 Å². The summed E-state index contributed by atoms with van der Waals surface area (Å²) in [6, 6.07) is 12.2.